The molecule has 0 aliphatic carbocycles. The minimum atomic E-state index is 0.659. The number of hydrogen-bond donors (Lipinski definition) is 0. The lowest BCUT2D eigenvalue weighted by Crippen LogP contribution is -1.90. The molecule has 24 heavy (non-hydrogen) atoms. The van der Waals surface area contributed by atoms with Gasteiger partial charge in [-0.1, -0.05) is 54.6 Å². The first kappa shape index (κ1) is 14.8. The molecule has 4 aromatic rings. The van der Waals surface area contributed by atoms with Gasteiger partial charge in [-0.2, -0.15) is 0 Å². The fourth-order valence-corrected chi connectivity index (χ4v) is 3.15. The van der Waals surface area contributed by atoms with Gasteiger partial charge in [0.25, 0.3) is 0 Å². The molecule has 0 spiro atoms. The third kappa shape index (κ3) is 2.55. The van der Waals surface area contributed by atoms with Gasteiger partial charge in [0.2, 0.25) is 0 Å². The van der Waals surface area contributed by atoms with Crippen molar-refractivity contribution in [2.45, 2.75) is 0 Å². The second-order valence-corrected chi connectivity index (χ2v) is 6.41. The fraction of sp³-hybridized carbons (Fsp3) is 0. The molecule has 0 fully saturated rings. The van der Waals surface area contributed by atoms with Gasteiger partial charge >= 0.3 is 0 Å². The van der Waals surface area contributed by atoms with Crippen molar-refractivity contribution in [2.75, 3.05) is 0 Å². The van der Waals surface area contributed by atoms with Crippen LogP contribution in [-0.4, -0.2) is 15.7 Å². The van der Waals surface area contributed by atoms with E-state index in [9.17, 15) is 4.79 Å². The Hall–Kier alpha value is -2.72. The molecule has 2 aromatic heterocycles. The van der Waals surface area contributed by atoms with E-state index in [0.717, 1.165) is 38.9 Å². The molecule has 0 aliphatic rings. The summed E-state index contributed by atoms with van der Waals surface area (Å²) in [5, 5.41) is 0. The molecule has 0 bridgehead atoms. The summed E-state index contributed by atoms with van der Waals surface area (Å²) in [6.07, 6.45) is 2.87. The molecule has 2 heterocycles. The number of aldehydes is 1. The lowest BCUT2D eigenvalue weighted by atomic mass is 10.0. The Morgan fingerprint density at radius 1 is 0.875 bits per heavy atom. The zero-order valence-electron chi connectivity index (χ0n) is 12.7. The SMILES string of the molecule is O=Cc1ccc(-c2nc3ccc(Br)cn3c2-c2ccccc2)cc1. The number of carbonyl (C=O) groups excluding carboxylic acids is 1. The Labute approximate surface area is 147 Å². The summed E-state index contributed by atoms with van der Waals surface area (Å²) < 4.78 is 3.08. The van der Waals surface area contributed by atoms with Crippen LogP contribution in [0.5, 0.6) is 0 Å². The number of aromatic nitrogens is 2. The summed E-state index contributed by atoms with van der Waals surface area (Å²) in [4.78, 5) is 15.7. The maximum Gasteiger partial charge on any atom is 0.150 e. The van der Waals surface area contributed by atoms with Crippen LogP contribution in [0.25, 0.3) is 28.2 Å². The van der Waals surface area contributed by atoms with Crippen LogP contribution >= 0.6 is 15.9 Å². The topological polar surface area (TPSA) is 34.4 Å². The first-order valence-electron chi connectivity index (χ1n) is 7.55. The highest BCUT2D eigenvalue weighted by molar-refractivity contribution is 9.10. The van der Waals surface area contributed by atoms with Gasteiger partial charge in [-0.15, -0.1) is 0 Å². The van der Waals surface area contributed by atoms with Gasteiger partial charge in [0, 0.05) is 27.4 Å². The van der Waals surface area contributed by atoms with E-state index in [0.29, 0.717) is 5.56 Å². The predicted molar refractivity (Wildman–Crippen MR) is 99.2 cm³/mol. The minimum absolute atomic E-state index is 0.659. The average molecular weight is 377 g/mol. The van der Waals surface area contributed by atoms with Crippen LogP contribution in [-0.2, 0) is 0 Å². The second-order valence-electron chi connectivity index (χ2n) is 5.49. The highest BCUT2D eigenvalue weighted by Crippen LogP contribution is 2.33. The van der Waals surface area contributed by atoms with Gasteiger partial charge < -0.3 is 0 Å². The summed E-state index contributed by atoms with van der Waals surface area (Å²) in [5.74, 6) is 0. The van der Waals surface area contributed by atoms with Crippen LogP contribution in [0.4, 0.5) is 0 Å². The Bertz CT molecular complexity index is 1020. The van der Waals surface area contributed by atoms with Gasteiger partial charge in [0.05, 0.1) is 11.4 Å². The van der Waals surface area contributed by atoms with Crippen LogP contribution in [0.1, 0.15) is 10.4 Å². The van der Waals surface area contributed by atoms with Gasteiger partial charge in [0.15, 0.2) is 0 Å². The normalized spacial score (nSPS) is 10.9. The highest BCUT2D eigenvalue weighted by atomic mass is 79.9. The zero-order valence-corrected chi connectivity index (χ0v) is 14.3. The standard InChI is InChI=1S/C20H13BrN2O/c21-17-10-11-18-22-19(15-8-6-14(13-24)7-9-15)20(23(18)12-17)16-4-2-1-3-5-16/h1-13H. The first-order valence-corrected chi connectivity index (χ1v) is 8.34. The number of pyridine rings is 1. The largest absolute Gasteiger partial charge is 0.298 e. The summed E-state index contributed by atoms with van der Waals surface area (Å²) in [6.45, 7) is 0. The molecule has 4 rings (SSSR count). The van der Waals surface area contributed by atoms with Crippen molar-refractivity contribution in [2.24, 2.45) is 0 Å². The highest BCUT2D eigenvalue weighted by Gasteiger charge is 2.15. The molecule has 0 radical (unpaired) electrons. The molecule has 0 saturated heterocycles. The molecule has 116 valence electrons. The van der Waals surface area contributed by atoms with E-state index < -0.39 is 0 Å². The van der Waals surface area contributed by atoms with Gasteiger partial charge in [-0.3, -0.25) is 9.20 Å². The Morgan fingerprint density at radius 3 is 2.33 bits per heavy atom. The molecule has 3 nitrogen and oxygen atoms in total. The number of rotatable bonds is 3. The van der Waals surface area contributed by atoms with Crippen LogP contribution in [0.3, 0.4) is 0 Å². The van der Waals surface area contributed by atoms with Crippen molar-refractivity contribution in [3.63, 3.8) is 0 Å². The van der Waals surface area contributed by atoms with Gasteiger partial charge in [-0.05, 0) is 28.1 Å². The van der Waals surface area contributed by atoms with Crippen molar-refractivity contribution in [3.05, 3.63) is 83.0 Å². The number of fused-ring (bicyclic) bond motifs is 1. The molecule has 2 aromatic carbocycles. The van der Waals surface area contributed by atoms with Gasteiger partial charge in [0.1, 0.15) is 11.9 Å². The van der Waals surface area contributed by atoms with E-state index in [4.69, 9.17) is 4.98 Å². The van der Waals surface area contributed by atoms with Crippen molar-refractivity contribution in [1.29, 1.82) is 0 Å². The molecule has 0 amide bonds. The molecule has 0 atom stereocenters. The van der Waals surface area contributed by atoms with E-state index in [1.807, 2.05) is 60.8 Å². The van der Waals surface area contributed by atoms with E-state index in [1.54, 1.807) is 0 Å². The zero-order chi connectivity index (χ0) is 16.5. The van der Waals surface area contributed by atoms with E-state index in [-0.39, 0.29) is 0 Å². The third-order valence-electron chi connectivity index (χ3n) is 3.95. The number of halogens is 1. The predicted octanol–water partition coefficient (Wildman–Crippen LogP) is 5.24. The fourth-order valence-electron chi connectivity index (χ4n) is 2.81. The molecule has 4 heteroatoms. The summed E-state index contributed by atoms with van der Waals surface area (Å²) in [7, 11) is 0. The van der Waals surface area contributed by atoms with Crippen LogP contribution in [0, 0.1) is 0 Å². The molecule has 0 aliphatic heterocycles. The van der Waals surface area contributed by atoms with Gasteiger partial charge in [-0.25, -0.2) is 4.98 Å². The number of imidazole rings is 1. The number of nitrogens with zero attached hydrogens (tertiary/aromatic N) is 2. The molecular weight excluding hydrogens is 364 g/mol. The first-order chi connectivity index (χ1) is 11.8. The quantitative estimate of drug-likeness (QED) is 0.458. The third-order valence-corrected chi connectivity index (χ3v) is 4.42. The molecule has 0 N–H and O–H groups in total. The Kier molecular flexibility index (Phi) is 3.75. The number of hydrogen-bond acceptors (Lipinski definition) is 2. The van der Waals surface area contributed by atoms with E-state index in [1.165, 1.54) is 0 Å². The molecule has 0 unspecified atom stereocenters. The minimum Gasteiger partial charge on any atom is -0.298 e. The lowest BCUT2D eigenvalue weighted by molar-refractivity contribution is 0.112. The number of carbonyl (C=O) groups is 1. The van der Waals surface area contributed by atoms with Crippen LogP contribution in [0.2, 0.25) is 0 Å². The maximum atomic E-state index is 10.9. The summed E-state index contributed by atoms with van der Waals surface area (Å²) >= 11 is 3.54. The van der Waals surface area contributed by atoms with Crippen molar-refractivity contribution >= 4 is 27.9 Å². The average Bonchev–Trinajstić information content (AvgIpc) is 3.01. The van der Waals surface area contributed by atoms with E-state index >= 15 is 0 Å². The van der Waals surface area contributed by atoms with Crippen molar-refractivity contribution in [3.8, 4) is 22.5 Å². The Balaban J connectivity index is 2.02. The monoisotopic (exact) mass is 376 g/mol. The smallest absolute Gasteiger partial charge is 0.150 e. The summed E-state index contributed by atoms with van der Waals surface area (Å²) in [6, 6.07) is 21.7. The maximum absolute atomic E-state index is 10.9. The number of benzene rings is 2. The lowest BCUT2D eigenvalue weighted by Gasteiger charge is -2.06. The molecular formula is C20H13BrN2O. The van der Waals surface area contributed by atoms with Crippen LogP contribution in [0.15, 0.2) is 77.4 Å². The Morgan fingerprint density at radius 2 is 1.62 bits per heavy atom. The second kappa shape index (κ2) is 6.06. The van der Waals surface area contributed by atoms with E-state index in [2.05, 4.69) is 32.5 Å². The van der Waals surface area contributed by atoms with Crippen molar-refractivity contribution < 1.29 is 4.79 Å². The molecule has 0 saturated carbocycles. The van der Waals surface area contributed by atoms with Crippen molar-refractivity contribution in [1.82, 2.24) is 9.38 Å². The van der Waals surface area contributed by atoms with Crippen LogP contribution < -0.4 is 0 Å². The summed E-state index contributed by atoms with van der Waals surface area (Å²) in [5.41, 5.74) is 5.55.